The monoisotopic (exact) mass is 301 g/mol. The van der Waals surface area contributed by atoms with Crippen LogP contribution in [0.2, 0.25) is 0 Å². The number of nitrogens with one attached hydrogen (secondary N) is 1. The lowest BCUT2D eigenvalue weighted by Crippen LogP contribution is -2.35. The lowest BCUT2D eigenvalue weighted by molar-refractivity contribution is 0.0288. The zero-order chi connectivity index (χ0) is 15.7. The molecule has 3 heterocycles. The first-order valence-electron chi connectivity index (χ1n) is 7.81. The second kappa shape index (κ2) is 5.63. The molecule has 0 bridgehead atoms. The Morgan fingerprint density at radius 2 is 2.32 bits per heavy atom. The zero-order valence-corrected chi connectivity index (χ0v) is 13.4. The van der Waals surface area contributed by atoms with Crippen molar-refractivity contribution in [2.75, 3.05) is 13.1 Å². The molecule has 1 aliphatic rings. The third kappa shape index (κ3) is 3.40. The molecule has 1 saturated heterocycles. The lowest BCUT2D eigenvalue weighted by atomic mass is 10.0. The normalized spacial score (nSPS) is 18.9. The number of hydrogen-bond acceptors (Lipinski definition) is 3. The molecule has 0 aliphatic carbocycles. The Kier molecular flexibility index (Phi) is 3.81. The summed E-state index contributed by atoms with van der Waals surface area (Å²) in [6.07, 6.45) is 3.55. The standard InChI is InChI=1S/C17H23N3O2/c1-17(2,3)22-16(21)20-8-6-12(11-20)9-14-10-13-5-4-7-18-15(13)19-14/h4-5,7,10,12H,6,8-9,11H2,1-3H3,(H,18,19). The van der Waals surface area contributed by atoms with Crippen molar-refractivity contribution in [3.05, 3.63) is 30.1 Å². The summed E-state index contributed by atoms with van der Waals surface area (Å²) in [5.74, 6) is 0.473. The van der Waals surface area contributed by atoms with Crippen molar-refractivity contribution in [2.45, 2.75) is 39.2 Å². The van der Waals surface area contributed by atoms with Gasteiger partial charge < -0.3 is 14.6 Å². The SMILES string of the molecule is CC(C)(C)OC(=O)N1CCC(Cc2cc3cccnc3[nH]2)C1. The van der Waals surface area contributed by atoms with Gasteiger partial charge in [0.1, 0.15) is 11.2 Å². The van der Waals surface area contributed by atoms with Crippen molar-refractivity contribution >= 4 is 17.1 Å². The number of carbonyl (C=O) groups is 1. The number of ether oxygens (including phenoxy) is 1. The number of nitrogens with zero attached hydrogens (tertiary/aromatic N) is 2. The Hall–Kier alpha value is -2.04. The molecule has 5 heteroatoms. The van der Waals surface area contributed by atoms with Crippen LogP contribution in [0.1, 0.15) is 32.9 Å². The quantitative estimate of drug-likeness (QED) is 0.925. The molecule has 1 amide bonds. The molecule has 0 saturated carbocycles. The van der Waals surface area contributed by atoms with Crippen LogP contribution in [-0.2, 0) is 11.2 Å². The van der Waals surface area contributed by atoms with E-state index in [2.05, 4.69) is 22.1 Å². The van der Waals surface area contributed by atoms with Crippen molar-refractivity contribution in [2.24, 2.45) is 5.92 Å². The first-order chi connectivity index (χ1) is 10.4. The van der Waals surface area contributed by atoms with Crippen LogP contribution in [0.25, 0.3) is 11.0 Å². The third-order valence-corrected chi connectivity index (χ3v) is 3.89. The smallest absolute Gasteiger partial charge is 0.410 e. The van der Waals surface area contributed by atoms with Gasteiger partial charge in [0, 0.05) is 30.4 Å². The fraction of sp³-hybridized carbons (Fsp3) is 0.529. The topological polar surface area (TPSA) is 58.2 Å². The highest BCUT2D eigenvalue weighted by Crippen LogP contribution is 2.24. The van der Waals surface area contributed by atoms with Crippen LogP contribution in [-0.4, -0.2) is 39.7 Å². The molecule has 118 valence electrons. The third-order valence-electron chi connectivity index (χ3n) is 3.89. The summed E-state index contributed by atoms with van der Waals surface area (Å²) in [6, 6.07) is 6.15. The van der Waals surface area contributed by atoms with Crippen molar-refractivity contribution < 1.29 is 9.53 Å². The highest BCUT2D eigenvalue weighted by molar-refractivity contribution is 5.76. The molecule has 5 nitrogen and oxygen atoms in total. The van der Waals surface area contributed by atoms with Crippen molar-refractivity contribution in [1.29, 1.82) is 0 Å². The van der Waals surface area contributed by atoms with Crippen LogP contribution in [0, 0.1) is 5.92 Å². The number of aromatic nitrogens is 2. The molecule has 1 atom stereocenters. The minimum absolute atomic E-state index is 0.201. The van der Waals surface area contributed by atoms with E-state index in [1.165, 1.54) is 5.69 Å². The summed E-state index contributed by atoms with van der Waals surface area (Å²) < 4.78 is 5.44. The Morgan fingerprint density at radius 3 is 3.05 bits per heavy atom. The van der Waals surface area contributed by atoms with Gasteiger partial charge in [0.15, 0.2) is 0 Å². The first kappa shape index (κ1) is 14.9. The average molecular weight is 301 g/mol. The van der Waals surface area contributed by atoms with E-state index < -0.39 is 5.60 Å². The summed E-state index contributed by atoms with van der Waals surface area (Å²) in [5, 5.41) is 1.14. The highest BCUT2D eigenvalue weighted by Gasteiger charge is 2.29. The largest absolute Gasteiger partial charge is 0.444 e. The fourth-order valence-electron chi connectivity index (χ4n) is 2.93. The van der Waals surface area contributed by atoms with Crippen molar-refractivity contribution in [3.63, 3.8) is 0 Å². The molecule has 1 unspecified atom stereocenters. The second-order valence-electron chi connectivity index (χ2n) is 7.02. The maximum absolute atomic E-state index is 12.1. The van der Waals surface area contributed by atoms with Gasteiger partial charge in [-0.05, 0) is 57.7 Å². The molecule has 2 aromatic rings. The van der Waals surface area contributed by atoms with Crippen LogP contribution >= 0.6 is 0 Å². The Balaban J connectivity index is 1.60. The number of rotatable bonds is 2. The molecule has 0 spiro atoms. The molecule has 2 aromatic heterocycles. The summed E-state index contributed by atoms with van der Waals surface area (Å²) in [4.78, 5) is 21.6. The molecule has 3 rings (SSSR count). The summed E-state index contributed by atoms with van der Waals surface area (Å²) in [5.41, 5.74) is 1.68. The highest BCUT2D eigenvalue weighted by atomic mass is 16.6. The molecule has 22 heavy (non-hydrogen) atoms. The summed E-state index contributed by atoms with van der Waals surface area (Å²) in [6.45, 7) is 7.23. The van der Waals surface area contributed by atoms with Gasteiger partial charge in [0.05, 0.1) is 0 Å². The van der Waals surface area contributed by atoms with Gasteiger partial charge in [-0.3, -0.25) is 0 Å². The van der Waals surface area contributed by atoms with Gasteiger partial charge >= 0.3 is 6.09 Å². The summed E-state index contributed by atoms with van der Waals surface area (Å²) >= 11 is 0. The molecular formula is C17H23N3O2. The van der Waals surface area contributed by atoms with Gasteiger partial charge in [-0.1, -0.05) is 0 Å². The fourth-order valence-corrected chi connectivity index (χ4v) is 2.93. The number of aromatic amines is 1. The van der Waals surface area contributed by atoms with E-state index >= 15 is 0 Å². The first-order valence-corrected chi connectivity index (χ1v) is 7.81. The Labute approximate surface area is 130 Å². The van der Waals surface area contributed by atoms with Crippen LogP contribution < -0.4 is 0 Å². The average Bonchev–Trinajstić information content (AvgIpc) is 3.02. The summed E-state index contributed by atoms with van der Waals surface area (Å²) in [7, 11) is 0. The van der Waals surface area contributed by atoms with Crippen molar-refractivity contribution in [3.8, 4) is 0 Å². The number of hydrogen-bond donors (Lipinski definition) is 1. The lowest BCUT2D eigenvalue weighted by Gasteiger charge is -2.24. The van der Waals surface area contributed by atoms with Gasteiger partial charge in [0.2, 0.25) is 0 Å². The van der Waals surface area contributed by atoms with Crippen LogP contribution in [0.3, 0.4) is 0 Å². The van der Waals surface area contributed by atoms with Crippen molar-refractivity contribution in [1.82, 2.24) is 14.9 Å². The Bertz CT molecular complexity index is 639. The van der Waals surface area contributed by atoms with Crippen LogP contribution in [0.15, 0.2) is 24.4 Å². The van der Waals surface area contributed by atoms with E-state index in [1.54, 1.807) is 6.20 Å². The van der Waals surface area contributed by atoms with E-state index in [0.717, 1.165) is 37.0 Å². The number of likely N-dealkylation sites (tertiary alicyclic amines) is 1. The molecular weight excluding hydrogens is 278 g/mol. The molecule has 1 N–H and O–H groups in total. The van der Waals surface area contributed by atoms with E-state index in [4.69, 9.17) is 4.74 Å². The van der Waals surface area contributed by atoms with Crippen LogP contribution in [0.5, 0.6) is 0 Å². The maximum Gasteiger partial charge on any atom is 0.410 e. The second-order valence-corrected chi connectivity index (χ2v) is 7.02. The number of fused-ring (bicyclic) bond motifs is 1. The number of carbonyl (C=O) groups excluding carboxylic acids is 1. The Morgan fingerprint density at radius 1 is 1.50 bits per heavy atom. The number of amides is 1. The number of pyridine rings is 1. The van der Waals surface area contributed by atoms with E-state index in [0.29, 0.717) is 5.92 Å². The molecule has 0 radical (unpaired) electrons. The van der Waals surface area contributed by atoms with Gasteiger partial charge in [-0.15, -0.1) is 0 Å². The molecule has 1 aliphatic heterocycles. The van der Waals surface area contributed by atoms with Crippen LogP contribution in [0.4, 0.5) is 4.79 Å². The maximum atomic E-state index is 12.1. The predicted octanol–water partition coefficient (Wildman–Crippen LogP) is 3.36. The van der Waals surface area contributed by atoms with Gasteiger partial charge in [-0.25, -0.2) is 9.78 Å². The predicted molar refractivity (Wildman–Crippen MR) is 85.7 cm³/mol. The number of H-pyrrole nitrogens is 1. The van der Waals surface area contributed by atoms with Gasteiger partial charge in [0.25, 0.3) is 0 Å². The van der Waals surface area contributed by atoms with Gasteiger partial charge in [-0.2, -0.15) is 0 Å². The van der Waals surface area contributed by atoms with E-state index in [1.807, 2.05) is 31.7 Å². The minimum Gasteiger partial charge on any atom is -0.444 e. The van der Waals surface area contributed by atoms with E-state index in [-0.39, 0.29) is 6.09 Å². The minimum atomic E-state index is -0.433. The molecule has 1 fully saturated rings. The zero-order valence-electron chi connectivity index (χ0n) is 13.4. The van der Waals surface area contributed by atoms with E-state index in [9.17, 15) is 4.79 Å². The molecule has 0 aromatic carbocycles.